The van der Waals surface area contributed by atoms with E-state index < -0.39 is 10.0 Å². The average Bonchev–Trinajstić information content (AvgIpc) is 3.23. The van der Waals surface area contributed by atoms with Crippen molar-refractivity contribution in [2.24, 2.45) is 0 Å². The lowest BCUT2D eigenvalue weighted by atomic mass is 10.3. The van der Waals surface area contributed by atoms with Crippen LogP contribution >= 0.6 is 38.6 Å². The van der Waals surface area contributed by atoms with Crippen molar-refractivity contribution in [1.82, 2.24) is 14.3 Å². The highest BCUT2D eigenvalue weighted by Gasteiger charge is 2.30. The molecule has 4 rings (SSSR count). The molecule has 3 aromatic heterocycles. The largest absolute Gasteiger partial charge is 0.353 e. The van der Waals surface area contributed by atoms with Crippen molar-refractivity contribution in [2.75, 3.05) is 31.1 Å². The number of anilines is 1. The van der Waals surface area contributed by atoms with E-state index >= 15 is 0 Å². The molecule has 0 radical (unpaired) electrons. The molecule has 6 nitrogen and oxygen atoms in total. The summed E-state index contributed by atoms with van der Waals surface area (Å²) in [5.41, 5.74) is 0. The third-order valence-electron chi connectivity index (χ3n) is 3.92. The van der Waals surface area contributed by atoms with E-state index in [4.69, 9.17) is 0 Å². The second kappa shape index (κ2) is 6.34. The SMILES string of the molecule is O=S(=O)(c1ccc(Br)s1)N1CCN(c2ncnc3sccc23)CC1. The zero-order chi connectivity index (χ0) is 16.7. The molecule has 0 N–H and O–H groups in total. The van der Waals surface area contributed by atoms with Crippen LogP contribution in [0.4, 0.5) is 5.82 Å². The second-order valence-corrected chi connectivity index (χ2v) is 10.8. The number of hydrogen-bond acceptors (Lipinski definition) is 7. The van der Waals surface area contributed by atoms with Gasteiger partial charge >= 0.3 is 0 Å². The minimum atomic E-state index is -3.41. The monoisotopic (exact) mass is 444 g/mol. The lowest BCUT2D eigenvalue weighted by Gasteiger charge is -2.34. The van der Waals surface area contributed by atoms with Gasteiger partial charge < -0.3 is 4.90 Å². The van der Waals surface area contributed by atoms with Crippen LogP contribution in [0.3, 0.4) is 0 Å². The molecule has 4 heterocycles. The summed E-state index contributed by atoms with van der Waals surface area (Å²) in [6.07, 6.45) is 1.57. The fraction of sp³-hybridized carbons (Fsp3) is 0.286. The Kier molecular flexibility index (Phi) is 4.33. The maximum atomic E-state index is 12.7. The number of rotatable bonds is 3. The van der Waals surface area contributed by atoms with Crippen molar-refractivity contribution in [3.63, 3.8) is 0 Å². The first-order chi connectivity index (χ1) is 11.6. The Bertz CT molecular complexity index is 977. The fourth-order valence-electron chi connectivity index (χ4n) is 2.73. The Labute approximate surface area is 155 Å². The second-order valence-electron chi connectivity index (χ2n) is 5.29. The van der Waals surface area contributed by atoms with E-state index in [1.54, 1.807) is 34.1 Å². The molecule has 24 heavy (non-hydrogen) atoms. The summed E-state index contributed by atoms with van der Waals surface area (Å²) >= 11 is 6.15. The fourth-order valence-corrected chi connectivity index (χ4v) is 7.05. The van der Waals surface area contributed by atoms with Crippen LogP contribution in [0, 0.1) is 0 Å². The van der Waals surface area contributed by atoms with Gasteiger partial charge in [0.1, 0.15) is 21.2 Å². The first-order valence-electron chi connectivity index (χ1n) is 7.24. The van der Waals surface area contributed by atoms with Crippen LogP contribution in [0.2, 0.25) is 0 Å². The van der Waals surface area contributed by atoms with Crippen LogP contribution in [0.5, 0.6) is 0 Å². The van der Waals surface area contributed by atoms with Crippen molar-refractivity contribution in [2.45, 2.75) is 4.21 Å². The van der Waals surface area contributed by atoms with E-state index in [0.29, 0.717) is 30.4 Å². The maximum absolute atomic E-state index is 12.7. The number of thiophene rings is 2. The Morgan fingerprint density at radius 1 is 1.08 bits per heavy atom. The van der Waals surface area contributed by atoms with Gasteiger partial charge in [-0.25, -0.2) is 18.4 Å². The molecule has 0 saturated carbocycles. The van der Waals surface area contributed by atoms with E-state index in [9.17, 15) is 8.42 Å². The highest BCUT2D eigenvalue weighted by atomic mass is 79.9. The van der Waals surface area contributed by atoms with Gasteiger partial charge in [0.2, 0.25) is 0 Å². The van der Waals surface area contributed by atoms with Gasteiger partial charge in [0.25, 0.3) is 10.0 Å². The lowest BCUT2D eigenvalue weighted by molar-refractivity contribution is 0.385. The van der Waals surface area contributed by atoms with Gasteiger partial charge in [-0.1, -0.05) is 0 Å². The van der Waals surface area contributed by atoms with Crippen molar-refractivity contribution >= 4 is 64.7 Å². The van der Waals surface area contributed by atoms with Gasteiger partial charge in [-0.15, -0.1) is 22.7 Å². The summed E-state index contributed by atoms with van der Waals surface area (Å²) in [7, 11) is -3.41. The summed E-state index contributed by atoms with van der Waals surface area (Å²) in [6.45, 7) is 2.14. The quantitative estimate of drug-likeness (QED) is 0.620. The zero-order valence-electron chi connectivity index (χ0n) is 12.4. The van der Waals surface area contributed by atoms with Gasteiger partial charge in [-0.05, 0) is 39.5 Å². The molecule has 0 atom stereocenters. The minimum absolute atomic E-state index is 0.380. The molecule has 3 aromatic rings. The third-order valence-corrected chi connectivity index (χ3v) is 8.73. The van der Waals surface area contributed by atoms with E-state index in [-0.39, 0.29) is 0 Å². The minimum Gasteiger partial charge on any atom is -0.353 e. The number of halogens is 1. The highest BCUT2D eigenvalue weighted by Crippen LogP contribution is 2.31. The van der Waals surface area contributed by atoms with Crippen LogP contribution in [0.15, 0.2) is 37.9 Å². The van der Waals surface area contributed by atoms with E-state index in [1.165, 1.54) is 11.3 Å². The number of nitrogens with zero attached hydrogens (tertiary/aromatic N) is 4. The van der Waals surface area contributed by atoms with Crippen molar-refractivity contribution < 1.29 is 8.42 Å². The molecular weight excluding hydrogens is 432 g/mol. The van der Waals surface area contributed by atoms with E-state index in [2.05, 4.69) is 30.8 Å². The predicted octanol–water partition coefficient (Wildman–Crippen LogP) is 3.03. The smallest absolute Gasteiger partial charge is 0.252 e. The average molecular weight is 445 g/mol. The van der Waals surface area contributed by atoms with Crippen LogP contribution in [0.25, 0.3) is 10.2 Å². The van der Waals surface area contributed by atoms with Crippen LogP contribution in [0.1, 0.15) is 0 Å². The van der Waals surface area contributed by atoms with Crippen LogP contribution < -0.4 is 4.90 Å². The molecule has 0 bridgehead atoms. The summed E-state index contributed by atoms with van der Waals surface area (Å²) in [5, 5.41) is 3.03. The Morgan fingerprint density at radius 2 is 1.88 bits per heavy atom. The third kappa shape index (κ3) is 2.86. The van der Waals surface area contributed by atoms with E-state index in [0.717, 1.165) is 19.8 Å². The topological polar surface area (TPSA) is 66.4 Å². The first kappa shape index (κ1) is 16.4. The van der Waals surface area contributed by atoms with Crippen molar-refractivity contribution in [3.8, 4) is 0 Å². The molecule has 0 aliphatic carbocycles. The summed E-state index contributed by atoms with van der Waals surface area (Å²) < 4.78 is 28.1. The van der Waals surface area contributed by atoms with Crippen molar-refractivity contribution in [1.29, 1.82) is 0 Å². The summed E-state index contributed by atoms with van der Waals surface area (Å²) in [5.74, 6) is 0.886. The first-order valence-corrected chi connectivity index (χ1v) is 11.2. The molecule has 1 aliphatic rings. The lowest BCUT2D eigenvalue weighted by Crippen LogP contribution is -2.48. The molecule has 0 amide bonds. The number of piperazine rings is 1. The molecule has 1 aliphatic heterocycles. The Balaban J connectivity index is 1.54. The van der Waals surface area contributed by atoms with Gasteiger partial charge in [0.15, 0.2) is 0 Å². The summed E-state index contributed by atoms with van der Waals surface area (Å²) in [6, 6.07) is 5.43. The van der Waals surface area contributed by atoms with Crippen LogP contribution in [-0.4, -0.2) is 48.9 Å². The summed E-state index contributed by atoms with van der Waals surface area (Å²) in [4.78, 5) is 11.8. The molecule has 0 spiro atoms. The number of sulfonamides is 1. The molecule has 126 valence electrons. The van der Waals surface area contributed by atoms with Gasteiger partial charge in [0, 0.05) is 26.2 Å². The number of aromatic nitrogens is 2. The molecule has 10 heteroatoms. The van der Waals surface area contributed by atoms with Crippen LogP contribution in [-0.2, 0) is 10.0 Å². The predicted molar refractivity (Wildman–Crippen MR) is 100 cm³/mol. The number of hydrogen-bond donors (Lipinski definition) is 0. The zero-order valence-corrected chi connectivity index (χ0v) is 16.5. The molecule has 0 aromatic carbocycles. The van der Waals surface area contributed by atoms with Gasteiger partial charge in [-0.2, -0.15) is 4.31 Å². The molecule has 1 saturated heterocycles. The van der Waals surface area contributed by atoms with Gasteiger partial charge in [0.05, 0.1) is 9.17 Å². The molecule has 0 unspecified atom stereocenters. The molecular formula is C14H13BrN4O2S3. The Morgan fingerprint density at radius 3 is 2.58 bits per heavy atom. The van der Waals surface area contributed by atoms with E-state index in [1.807, 2.05) is 11.4 Å². The standard InChI is InChI=1S/C14H13BrN4O2S3/c15-11-1-2-12(23-11)24(20,21)19-6-4-18(5-7-19)13-10-3-8-22-14(10)17-9-16-13/h1-3,8-9H,4-7H2. The Hall–Kier alpha value is -1.07. The van der Waals surface area contributed by atoms with Crippen molar-refractivity contribution in [3.05, 3.63) is 33.7 Å². The van der Waals surface area contributed by atoms with Gasteiger partial charge in [-0.3, -0.25) is 0 Å². The normalized spacial score (nSPS) is 16.8. The highest BCUT2D eigenvalue weighted by molar-refractivity contribution is 9.11. The maximum Gasteiger partial charge on any atom is 0.252 e. The molecule has 1 fully saturated rings. The number of fused-ring (bicyclic) bond motifs is 1.